The summed E-state index contributed by atoms with van der Waals surface area (Å²) in [5.41, 5.74) is 1.06. The Bertz CT molecular complexity index is 300. The third-order valence-corrected chi connectivity index (χ3v) is 2.34. The fourth-order valence-corrected chi connectivity index (χ4v) is 1.20. The molecule has 1 amide bonds. The van der Waals surface area contributed by atoms with E-state index in [2.05, 4.69) is 26.2 Å². The van der Waals surface area contributed by atoms with Gasteiger partial charge in [0.25, 0.3) is 0 Å². The van der Waals surface area contributed by atoms with Crippen molar-refractivity contribution in [3.05, 3.63) is 30.1 Å². The van der Waals surface area contributed by atoms with Crippen LogP contribution in [0.2, 0.25) is 0 Å². The summed E-state index contributed by atoms with van der Waals surface area (Å²) in [6.07, 6.45) is 3.44. The number of nitrogens with one attached hydrogen (secondary N) is 1. The van der Waals surface area contributed by atoms with Gasteiger partial charge >= 0.3 is 0 Å². The highest BCUT2D eigenvalue weighted by atomic mass is 79.9. The summed E-state index contributed by atoms with van der Waals surface area (Å²) < 4.78 is 0. The van der Waals surface area contributed by atoms with Crippen LogP contribution in [0.1, 0.15) is 25.5 Å². The maximum absolute atomic E-state index is 11.4. The molecule has 1 aromatic heterocycles. The van der Waals surface area contributed by atoms with Crippen molar-refractivity contribution < 1.29 is 4.79 Å². The third kappa shape index (κ3) is 3.10. The van der Waals surface area contributed by atoms with E-state index in [9.17, 15) is 4.79 Å². The predicted molar refractivity (Wildman–Crippen MR) is 59.2 cm³/mol. The fourth-order valence-electron chi connectivity index (χ4n) is 1.06. The predicted octanol–water partition coefficient (Wildman–Crippen LogP) is 2.04. The zero-order valence-corrected chi connectivity index (χ0v) is 9.78. The van der Waals surface area contributed by atoms with Crippen molar-refractivity contribution in [1.82, 2.24) is 10.3 Å². The minimum absolute atomic E-state index is 0.00527. The van der Waals surface area contributed by atoms with E-state index in [1.807, 2.05) is 19.1 Å². The molecule has 1 unspecified atom stereocenters. The summed E-state index contributed by atoms with van der Waals surface area (Å²) in [4.78, 5) is 15.1. The highest BCUT2D eigenvalue weighted by Gasteiger charge is 2.12. The summed E-state index contributed by atoms with van der Waals surface area (Å²) >= 11 is 3.22. The van der Waals surface area contributed by atoms with Gasteiger partial charge in [0.05, 0.1) is 10.9 Å². The highest BCUT2D eigenvalue weighted by Crippen LogP contribution is 2.11. The molecule has 76 valence electrons. The average molecular weight is 257 g/mol. The van der Waals surface area contributed by atoms with Crippen molar-refractivity contribution in [1.29, 1.82) is 0 Å². The standard InChI is InChI=1S/C10H13BrN2O/c1-7(11)10(14)13-8(2)9-3-5-12-6-4-9/h3-8H,1-2H3,(H,13,14)/t7?,8-/m1/s1. The van der Waals surface area contributed by atoms with Crippen LogP contribution in [0.3, 0.4) is 0 Å². The molecule has 0 saturated heterocycles. The van der Waals surface area contributed by atoms with Gasteiger partial charge in [0.1, 0.15) is 0 Å². The number of nitrogens with zero attached hydrogens (tertiary/aromatic N) is 1. The van der Waals surface area contributed by atoms with Gasteiger partial charge in [-0.05, 0) is 31.5 Å². The number of alkyl halides is 1. The molecular formula is C10H13BrN2O. The van der Waals surface area contributed by atoms with Gasteiger partial charge in [-0.2, -0.15) is 0 Å². The molecule has 0 aliphatic heterocycles. The number of hydrogen-bond acceptors (Lipinski definition) is 2. The molecule has 3 nitrogen and oxygen atoms in total. The van der Waals surface area contributed by atoms with Gasteiger partial charge in [0.2, 0.25) is 5.91 Å². The van der Waals surface area contributed by atoms with Crippen molar-refractivity contribution in [2.24, 2.45) is 0 Å². The maximum atomic E-state index is 11.4. The lowest BCUT2D eigenvalue weighted by Crippen LogP contribution is -2.31. The summed E-state index contributed by atoms with van der Waals surface area (Å²) in [6, 6.07) is 3.80. The number of pyridine rings is 1. The SMILES string of the molecule is CC(Br)C(=O)N[C@H](C)c1ccncc1. The Morgan fingerprint density at radius 3 is 2.50 bits per heavy atom. The van der Waals surface area contributed by atoms with Gasteiger partial charge in [0, 0.05) is 12.4 Å². The number of hydrogen-bond donors (Lipinski definition) is 1. The quantitative estimate of drug-likeness (QED) is 0.842. The molecule has 0 saturated carbocycles. The second-order valence-corrected chi connectivity index (χ2v) is 4.50. The summed E-state index contributed by atoms with van der Waals surface area (Å²) in [5.74, 6) is -0.00527. The smallest absolute Gasteiger partial charge is 0.233 e. The van der Waals surface area contributed by atoms with E-state index in [0.717, 1.165) is 5.56 Å². The molecule has 0 bridgehead atoms. The Morgan fingerprint density at radius 2 is 2.00 bits per heavy atom. The first-order valence-electron chi connectivity index (χ1n) is 4.45. The lowest BCUT2D eigenvalue weighted by Gasteiger charge is -2.14. The molecule has 2 atom stereocenters. The first-order valence-corrected chi connectivity index (χ1v) is 5.37. The van der Waals surface area contributed by atoms with E-state index >= 15 is 0 Å². The van der Waals surface area contributed by atoms with Crippen LogP contribution in [-0.4, -0.2) is 15.7 Å². The van der Waals surface area contributed by atoms with E-state index in [0.29, 0.717) is 0 Å². The van der Waals surface area contributed by atoms with Gasteiger partial charge in [-0.25, -0.2) is 0 Å². The molecule has 0 radical (unpaired) electrons. The number of rotatable bonds is 3. The number of carbonyl (C=O) groups is 1. The monoisotopic (exact) mass is 256 g/mol. The molecular weight excluding hydrogens is 244 g/mol. The van der Waals surface area contributed by atoms with Crippen molar-refractivity contribution in [2.75, 3.05) is 0 Å². The lowest BCUT2D eigenvalue weighted by atomic mass is 10.1. The second kappa shape index (κ2) is 5.10. The van der Waals surface area contributed by atoms with E-state index in [-0.39, 0.29) is 16.8 Å². The molecule has 0 aromatic carbocycles. The summed E-state index contributed by atoms with van der Waals surface area (Å²) in [6.45, 7) is 3.75. The van der Waals surface area contributed by atoms with Crippen LogP contribution in [0, 0.1) is 0 Å². The van der Waals surface area contributed by atoms with E-state index in [4.69, 9.17) is 0 Å². The van der Waals surface area contributed by atoms with Crippen molar-refractivity contribution in [2.45, 2.75) is 24.7 Å². The van der Waals surface area contributed by atoms with Gasteiger partial charge in [-0.1, -0.05) is 15.9 Å². The Balaban J connectivity index is 2.59. The Kier molecular flexibility index (Phi) is 4.07. The lowest BCUT2D eigenvalue weighted by molar-refractivity contribution is -0.120. The summed E-state index contributed by atoms with van der Waals surface area (Å²) in [7, 11) is 0. The molecule has 0 fully saturated rings. The minimum Gasteiger partial charge on any atom is -0.349 e. The molecule has 0 spiro atoms. The molecule has 1 heterocycles. The number of carbonyl (C=O) groups excluding carboxylic acids is 1. The number of aromatic nitrogens is 1. The van der Waals surface area contributed by atoms with Crippen LogP contribution >= 0.6 is 15.9 Å². The number of halogens is 1. The van der Waals surface area contributed by atoms with E-state index in [1.54, 1.807) is 19.3 Å². The molecule has 1 rings (SSSR count). The number of amides is 1. The normalized spacial score (nSPS) is 14.5. The maximum Gasteiger partial charge on any atom is 0.233 e. The van der Waals surface area contributed by atoms with E-state index in [1.165, 1.54) is 0 Å². The second-order valence-electron chi connectivity index (χ2n) is 3.13. The molecule has 1 N–H and O–H groups in total. The first-order chi connectivity index (χ1) is 6.61. The zero-order valence-electron chi connectivity index (χ0n) is 8.20. The Labute approximate surface area is 92.1 Å². The van der Waals surface area contributed by atoms with Crippen molar-refractivity contribution in [3.63, 3.8) is 0 Å². The molecule has 1 aromatic rings. The van der Waals surface area contributed by atoms with Gasteiger partial charge in [-0.15, -0.1) is 0 Å². The average Bonchev–Trinajstić information content (AvgIpc) is 2.19. The van der Waals surface area contributed by atoms with Crippen LogP contribution in [0.15, 0.2) is 24.5 Å². The van der Waals surface area contributed by atoms with Crippen molar-refractivity contribution >= 4 is 21.8 Å². The fraction of sp³-hybridized carbons (Fsp3) is 0.400. The van der Waals surface area contributed by atoms with Crippen LogP contribution < -0.4 is 5.32 Å². The van der Waals surface area contributed by atoms with E-state index < -0.39 is 0 Å². The van der Waals surface area contributed by atoms with Crippen molar-refractivity contribution in [3.8, 4) is 0 Å². The third-order valence-electron chi connectivity index (χ3n) is 1.93. The molecule has 0 aliphatic carbocycles. The van der Waals surface area contributed by atoms with Gasteiger partial charge < -0.3 is 5.32 Å². The summed E-state index contributed by atoms with van der Waals surface area (Å²) in [5, 5.41) is 2.88. The molecule has 14 heavy (non-hydrogen) atoms. The molecule has 4 heteroatoms. The zero-order chi connectivity index (χ0) is 10.6. The Hall–Kier alpha value is -0.900. The highest BCUT2D eigenvalue weighted by molar-refractivity contribution is 9.10. The largest absolute Gasteiger partial charge is 0.349 e. The van der Waals surface area contributed by atoms with Crippen LogP contribution in [-0.2, 0) is 4.79 Å². The first kappa shape index (κ1) is 11.2. The van der Waals surface area contributed by atoms with Crippen LogP contribution in [0.4, 0.5) is 0 Å². The van der Waals surface area contributed by atoms with Gasteiger partial charge in [0.15, 0.2) is 0 Å². The topological polar surface area (TPSA) is 42.0 Å². The van der Waals surface area contributed by atoms with Crippen LogP contribution in [0.5, 0.6) is 0 Å². The van der Waals surface area contributed by atoms with Gasteiger partial charge in [-0.3, -0.25) is 9.78 Å². The van der Waals surface area contributed by atoms with Crippen LogP contribution in [0.25, 0.3) is 0 Å². The molecule has 0 aliphatic rings. The minimum atomic E-state index is -0.160. The Morgan fingerprint density at radius 1 is 1.43 bits per heavy atom.